The maximum absolute atomic E-state index is 12.4. The van der Waals surface area contributed by atoms with E-state index in [1.54, 1.807) is 10.7 Å². The molecule has 2 aliphatic heterocycles. The van der Waals surface area contributed by atoms with Gasteiger partial charge in [-0.15, -0.1) is 5.10 Å². The highest BCUT2D eigenvalue weighted by atomic mass is 16.6. The molecule has 35 heavy (non-hydrogen) atoms. The zero-order chi connectivity index (χ0) is 24.8. The average molecular weight is 480 g/mol. The smallest absolute Gasteiger partial charge is 0.410 e. The highest BCUT2D eigenvalue weighted by Gasteiger charge is 2.46. The van der Waals surface area contributed by atoms with Crippen molar-refractivity contribution in [2.75, 3.05) is 36.4 Å². The van der Waals surface area contributed by atoms with Gasteiger partial charge in [0.2, 0.25) is 5.95 Å². The molecule has 11 heteroatoms. The number of hydrogen-bond donors (Lipinski definition) is 1. The minimum Gasteiger partial charge on any atom is -0.444 e. The Bertz CT molecular complexity index is 1230. The molecule has 0 unspecified atom stereocenters. The molecule has 0 aliphatic carbocycles. The Morgan fingerprint density at radius 3 is 2.60 bits per heavy atom. The van der Waals surface area contributed by atoms with E-state index in [1.165, 1.54) is 0 Å². The number of aromatic nitrogens is 6. The van der Waals surface area contributed by atoms with Crippen LogP contribution in [-0.4, -0.2) is 72.3 Å². The molecule has 1 spiro atoms. The van der Waals surface area contributed by atoms with Crippen LogP contribution in [0.1, 0.15) is 50.8 Å². The van der Waals surface area contributed by atoms with Crippen LogP contribution in [0.2, 0.25) is 0 Å². The fourth-order valence-corrected chi connectivity index (χ4v) is 4.78. The third-order valence-corrected chi connectivity index (χ3v) is 6.56. The third kappa shape index (κ3) is 4.98. The number of piperidine rings is 1. The van der Waals surface area contributed by atoms with Crippen LogP contribution in [0.3, 0.4) is 0 Å². The van der Waals surface area contributed by atoms with E-state index in [0.717, 1.165) is 56.2 Å². The van der Waals surface area contributed by atoms with Gasteiger partial charge in [-0.05, 0) is 59.6 Å². The molecule has 3 aromatic rings. The van der Waals surface area contributed by atoms with Crippen molar-refractivity contribution in [3.8, 4) is 0 Å². The SMILES string of the molecule is Cc1cc(C)n2nc(CNc3nccc(N4CC5(CCN(C(=O)OC(C)(C)C)CC5)C4)n3)nc2n1. The van der Waals surface area contributed by atoms with E-state index in [4.69, 9.17) is 9.72 Å². The van der Waals surface area contributed by atoms with Gasteiger partial charge >= 0.3 is 6.09 Å². The predicted octanol–water partition coefficient (Wildman–Crippen LogP) is 2.98. The Hall–Kier alpha value is -3.50. The molecule has 0 atom stereocenters. The number of likely N-dealkylation sites (tertiary alicyclic amines) is 1. The summed E-state index contributed by atoms with van der Waals surface area (Å²) < 4.78 is 7.27. The van der Waals surface area contributed by atoms with Gasteiger partial charge in [-0.3, -0.25) is 0 Å². The number of hydrogen-bond acceptors (Lipinski definition) is 9. The predicted molar refractivity (Wildman–Crippen MR) is 131 cm³/mol. The van der Waals surface area contributed by atoms with Crippen LogP contribution >= 0.6 is 0 Å². The monoisotopic (exact) mass is 479 g/mol. The molecule has 0 radical (unpaired) electrons. The zero-order valence-corrected chi connectivity index (χ0v) is 21.1. The van der Waals surface area contributed by atoms with Gasteiger partial charge in [0, 0.05) is 49.2 Å². The van der Waals surface area contributed by atoms with E-state index < -0.39 is 5.60 Å². The fourth-order valence-electron chi connectivity index (χ4n) is 4.78. The van der Waals surface area contributed by atoms with Crippen molar-refractivity contribution < 1.29 is 9.53 Å². The molecule has 5 heterocycles. The molecule has 2 aliphatic rings. The molecule has 3 aromatic heterocycles. The number of aryl methyl sites for hydroxylation is 2. The number of carbonyl (C=O) groups excluding carboxylic acids is 1. The van der Waals surface area contributed by atoms with Crippen molar-refractivity contribution in [2.45, 2.75) is 59.6 Å². The van der Waals surface area contributed by atoms with Crippen LogP contribution in [-0.2, 0) is 11.3 Å². The molecule has 0 bridgehead atoms. The lowest BCUT2D eigenvalue weighted by atomic mass is 9.72. The van der Waals surface area contributed by atoms with Gasteiger partial charge in [0.25, 0.3) is 5.78 Å². The van der Waals surface area contributed by atoms with Gasteiger partial charge in [-0.1, -0.05) is 0 Å². The summed E-state index contributed by atoms with van der Waals surface area (Å²) in [5, 5.41) is 7.76. The van der Waals surface area contributed by atoms with Crippen LogP contribution in [0.25, 0.3) is 5.78 Å². The van der Waals surface area contributed by atoms with Crippen molar-refractivity contribution in [1.29, 1.82) is 0 Å². The van der Waals surface area contributed by atoms with Crippen LogP contribution < -0.4 is 10.2 Å². The molecule has 0 aromatic carbocycles. The molecule has 0 saturated carbocycles. The molecular formula is C24H33N9O2. The van der Waals surface area contributed by atoms with E-state index in [2.05, 4.69) is 30.3 Å². The number of rotatable bonds is 4. The Kier molecular flexibility index (Phi) is 5.72. The number of amides is 1. The van der Waals surface area contributed by atoms with Gasteiger partial charge in [0.15, 0.2) is 5.82 Å². The standard InChI is InChI=1S/C24H33N9O2/c1-16-12-17(2)33-21(27-16)28-18(30-33)13-26-20-25-9-6-19(29-20)32-14-24(15-32)7-10-31(11-8-24)22(34)35-23(3,4)5/h6,9,12H,7-8,10-11,13-15H2,1-5H3,(H,25,26,29). The van der Waals surface area contributed by atoms with Crippen LogP contribution in [0, 0.1) is 19.3 Å². The number of ether oxygens (including phenoxy) is 1. The van der Waals surface area contributed by atoms with Gasteiger partial charge < -0.3 is 19.9 Å². The Morgan fingerprint density at radius 2 is 1.89 bits per heavy atom. The van der Waals surface area contributed by atoms with Crippen molar-refractivity contribution >= 4 is 23.6 Å². The second kappa shape index (κ2) is 8.62. The first-order valence-corrected chi connectivity index (χ1v) is 12.1. The minimum absolute atomic E-state index is 0.212. The van der Waals surface area contributed by atoms with Gasteiger partial charge in [0.1, 0.15) is 11.4 Å². The molecule has 1 amide bonds. The first-order chi connectivity index (χ1) is 16.6. The summed E-state index contributed by atoms with van der Waals surface area (Å²) in [5.41, 5.74) is 1.68. The van der Waals surface area contributed by atoms with E-state index in [-0.39, 0.29) is 11.5 Å². The molecule has 11 nitrogen and oxygen atoms in total. The Labute approximate surface area is 204 Å². The summed E-state index contributed by atoms with van der Waals surface area (Å²) in [7, 11) is 0. The molecule has 2 fully saturated rings. The largest absolute Gasteiger partial charge is 0.444 e. The fraction of sp³-hybridized carbons (Fsp3) is 0.583. The maximum Gasteiger partial charge on any atom is 0.410 e. The topological polar surface area (TPSA) is 114 Å². The van der Waals surface area contributed by atoms with Crippen LogP contribution in [0.4, 0.5) is 16.6 Å². The summed E-state index contributed by atoms with van der Waals surface area (Å²) >= 11 is 0. The van der Waals surface area contributed by atoms with Crippen LogP contribution in [0.15, 0.2) is 18.3 Å². The molecule has 186 valence electrons. The zero-order valence-electron chi connectivity index (χ0n) is 21.1. The number of nitrogens with one attached hydrogen (secondary N) is 1. The van der Waals surface area contributed by atoms with Gasteiger partial charge in [-0.25, -0.2) is 19.3 Å². The third-order valence-electron chi connectivity index (χ3n) is 6.56. The lowest BCUT2D eigenvalue weighted by molar-refractivity contribution is 0.00589. The lowest BCUT2D eigenvalue weighted by Gasteiger charge is -2.54. The number of fused-ring (bicyclic) bond motifs is 1. The normalized spacial score (nSPS) is 17.5. The summed E-state index contributed by atoms with van der Waals surface area (Å²) in [6.45, 7) is 13.4. The van der Waals surface area contributed by atoms with Gasteiger partial charge in [0.05, 0.1) is 6.54 Å². The summed E-state index contributed by atoms with van der Waals surface area (Å²) in [6, 6.07) is 3.92. The highest BCUT2D eigenvalue weighted by molar-refractivity contribution is 5.68. The second-order valence-corrected chi connectivity index (χ2v) is 10.7. The van der Waals surface area contributed by atoms with E-state index in [1.807, 2.05) is 51.7 Å². The number of anilines is 2. The van der Waals surface area contributed by atoms with E-state index in [9.17, 15) is 4.79 Å². The first-order valence-electron chi connectivity index (χ1n) is 12.1. The molecule has 2 saturated heterocycles. The number of nitrogens with zero attached hydrogens (tertiary/aromatic N) is 8. The summed E-state index contributed by atoms with van der Waals surface area (Å²) in [4.78, 5) is 34.5. The van der Waals surface area contributed by atoms with Crippen molar-refractivity contribution in [2.24, 2.45) is 5.41 Å². The van der Waals surface area contributed by atoms with Crippen molar-refractivity contribution in [1.82, 2.24) is 34.4 Å². The Balaban J connectivity index is 1.15. The summed E-state index contributed by atoms with van der Waals surface area (Å²) in [6.07, 6.45) is 3.51. The molecule has 1 N–H and O–H groups in total. The average Bonchev–Trinajstić information content (AvgIpc) is 3.18. The van der Waals surface area contributed by atoms with E-state index in [0.29, 0.717) is 24.1 Å². The quantitative estimate of drug-likeness (QED) is 0.603. The second-order valence-electron chi connectivity index (χ2n) is 10.7. The molecular weight excluding hydrogens is 446 g/mol. The Morgan fingerprint density at radius 1 is 1.14 bits per heavy atom. The maximum atomic E-state index is 12.4. The summed E-state index contributed by atoms with van der Waals surface area (Å²) in [5.74, 6) is 2.68. The van der Waals surface area contributed by atoms with Crippen LogP contribution in [0.5, 0.6) is 0 Å². The lowest BCUT2D eigenvalue weighted by Crippen LogP contribution is -2.61. The number of carbonyl (C=O) groups is 1. The van der Waals surface area contributed by atoms with Crippen molar-refractivity contribution in [3.63, 3.8) is 0 Å². The highest BCUT2D eigenvalue weighted by Crippen LogP contribution is 2.42. The van der Waals surface area contributed by atoms with Gasteiger partial charge in [-0.2, -0.15) is 9.97 Å². The molecule has 5 rings (SSSR count). The first kappa shape index (κ1) is 23.3. The van der Waals surface area contributed by atoms with E-state index >= 15 is 0 Å². The minimum atomic E-state index is -0.464. The van der Waals surface area contributed by atoms with Crippen molar-refractivity contribution in [3.05, 3.63) is 35.5 Å².